The maximum atomic E-state index is 12.9. The van der Waals surface area contributed by atoms with Crippen molar-refractivity contribution in [3.63, 3.8) is 0 Å². The molecule has 3 aromatic heterocycles. The van der Waals surface area contributed by atoms with Crippen molar-refractivity contribution in [3.8, 4) is 0 Å². The third-order valence-electron chi connectivity index (χ3n) is 6.24. The van der Waals surface area contributed by atoms with Crippen LogP contribution in [0.5, 0.6) is 0 Å². The van der Waals surface area contributed by atoms with Gasteiger partial charge < -0.3 is 10.6 Å². The number of carbonyl (C=O) groups excluding carboxylic acids is 1. The van der Waals surface area contributed by atoms with Crippen LogP contribution in [-0.4, -0.2) is 26.1 Å². The summed E-state index contributed by atoms with van der Waals surface area (Å²) >= 11 is 1.67. The molecule has 0 bridgehead atoms. The minimum atomic E-state index is -0.0419. The summed E-state index contributed by atoms with van der Waals surface area (Å²) < 4.78 is 0. The Hall–Kier alpha value is -3.78. The average molecular weight is 455 g/mol. The molecule has 0 saturated heterocycles. The molecule has 1 aliphatic carbocycles. The standard InChI is InChI=1S/C25H22N6OS/c1-14-2-5-17(6-3-14)30-24(32)15-4-8-19-21(11-15)33-25-22(19)23(26-13-27-25)29-18-7-9-20-16(10-18)12-28-31-20/h2-3,5-7,9-10,12-13,15H,4,8,11H2,1H3,(H,28,31)(H,30,32)(H,26,27,29). The second kappa shape index (κ2) is 7.97. The van der Waals surface area contributed by atoms with E-state index in [1.54, 1.807) is 17.7 Å². The summed E-state index contributed by atoms with van der Waals surface area (Å²) in [6.07, 6.45) is 5.79. The van der Waals surface area contributed by atoms with E-state index < -0.39 is 0 Å². The summed E-state index contributed by atoms with van der Waals surface area (Å²) in [5.74, 6) is 0.849. The van der Waals surface area contributed by atoms with Crippen molar-refractivity contribution in [3.05, 3.63) is 71.0 Å². The highest BCUT2D eigenvalue weighted by molar-refractivity contribution is 7.19. The van der Waals surface area contributed by atoms with Crippen LogP contribution >= 0.6 is 11.3 Å². The first-order chi connectivity index (χ1) is 16.1. The van der Waals surface area contributed by atoms with Crippen LogP contribution in [0.4, 0.5) is 17.2 Å². The Kier molecular flexibility index (Phi) is 4.80. The second-order valence-corrected chi connectivity index (χ2v) is 9.58. The van der Waals surface area contributed by atoms with Gasteiger partial charge in [0.1, 0.15) is 17.0 Å². The number of fused-ring (bicyclic) bond motifs is 4. The highest BCUT2D eigenvalue weighted by atomic mass is 32.1. The molecule has 0 saturated carbocycles. The zero-order valence-electron chi connectivity index (χ0n) is 18.1. The Morgan fingerprint density at radius 2 is 1.97 bits per heavy atom. The van der Waals surface area contributed by atoms with Gasteiger partial charge in [-0.25, -0.2) is 9.97 Å². The first-order valence-electron chi connectivity index (χ1n) is 11.0. The number of hydrogen-bond acceptors (Lipinski definition) is 6. The van der Waals surface area contributed by atoms with Gasteiger partial charge in [-0.2, -0.15) is 5.10 Å². The van der Waals surface area contributed by atoms with Crippen LogP contribution in [0.25, 0.3) is 21.1 Å². The largest absolute Gasteiger partial charge is 0.340 e. The highest BCUT2D eigenvalue weighted by Crippen LogP contribution is 2.40. The number of hydrogen-bond donors (Lipinski definition) is 3. The number of benzene rings is 2. The number of H-pyrrole nitrogens is 1. The number of aromatic amines is 1. The topological polar surface area (TPSA) is 95.6 Å². The van der Waals surface area contributed by atoms with Crippen molar-refractivity contribution in [1.29, 1.82) is 0 Å². The van der Waals surface area contributed by atoms with Crippen molar-refractivity contribution in [2.45, 2.75) is 26.2 Å². The molecule has 0 aliphatic heterocycles. The van der Waals surface area contributed by atoms with E-state index in [1.165, 1.54) is 16.0 Å². The molecular formula is C25H22N6OS. The second-order valence-electron chi connectivity index (χ2n) is 8.50. The van der Waals surface area contributed by atoms with Crippen molar-refractivity contribution >= 4 is 55.6 Å². The van der Waals surface area contributed by atoms with E-state index in [0.717, 1.165) is 57.6 Å². The number of thiophene rings is 1. The van der Waals surface area contributed by atoms with Gasteiger partial charge in [0, 0.05) is 27.6 Å². The van der Waals surface area contributed by atoms with Crippen LogP contribution in [0.15, 0.2) is 55.0 Å². The molecule has 6 rings (SSSR count). The van der Waals surface area contributed by atoms with Crippen LogP contribution in [0.3, 0.4) is 0 Å². The Morgan fingerprint density at radius 1 is 1.12 bits per heavy atom. The number of carbonyl (C=O) groups is 1. The monoisotopic (exact) mass is 454 g/mol. The van der Waals surface area contributed by atoms with Gasteiger partial charge in [0.2, 0.25) is 5.91 Å². The fraction of sp³-hybridized carbons (Fsp3) is 0.200. The lowest BCUT2D eigenvalue weighted by Gasteiger charge is -2.22. The molecule has 1 unspecified atom stereocenters. The molecule has 0 fully saturated rings. The zero-order valence-corrected chi connectivity index (χ0v) is 18.9. The molecule has 164 valence electrons. The van der Waals surface area contributed by atoms with Gasteiger partial charge in [-0.3, -0.25) is 9.89 Å². The van der Waals surface area contributed by atoms with Gasteiger partial charge in [-0.05, 0) is 62.1 Å². The molecule has 3 heterocycles. The van der Waals surface area contributed by atoms with Crippen LogP contribution < -0.4 is 10.6 Å². The molecule has 5 aromatic rings. The van der Waals surface area contributed by atoms with Crippen molar-refractivity contribution < 1.29 is 4.79 Å². The molecule has 3 N–H and O–H groups in total. The smallest absolute Gasteiger partial charge is 0.227 e. The number of nitrogens with zero attached hydrogens (tertiary/aromatic N) is 3. The molecule has 2 aromatic carbocycles. The van der Waals surface area contributed by atoms with Gasteiger partial charge in [-0.1, -0.05) is 17.7 Å². The van der Waals surface area contributed by atoms with E-state index in [4.69, 9.17) is 0 Å². The van der Waals surface area contributed by atoms with E-state index in [9.17, 15) is 4.79 Å². The summed E-state index contributed by atoms with van der Waals surface area (Å²) in [5, 5.41) is 15.7. The van der Waals surface area contributed by atoms with Crippen molar-refractivity contribution in [2.75, 3.05) is 10.6 Å². The summed E-state index contributed by atoms with van der Waals surface area (Å²) in [6, 6.07) is 14.0. The fourth-order valence-corrected chi connectivity index (χ4v) is 5.73. The van der Waals surface area contributed by atoms with E-state index in [2.05, 4.69) is 36.9 Å². The van der Waals surface area contributed by atoms with Crippen molar-refractivity contribution in [1.82, 2.24) is 20.2 Å². The number of anilines is 3. The molecule has 1 aliphatic rings. The molecule has 0 radical (unpaired) electrons. The van der Waals surface area contributed by atoms with Crippen LogP contribution in [-0.2, 0) is 17.6 Å². The van der Waals surface area contributed by atoms with Gasteiger partial charge in [0.15, 0.2) is 0 Å². The summed E-state index contributed by atoms with van der Waals surface area (Å²) in [6.45, 7) is 2.04. The molecule has 1 amide bonds. The predicted molar refractivity (Wildman–Crippen MR) is 132 cm³/mol. The normalized spacial score (nSPS) is 15.5. The number of amides is 1. The maximum absolute atomic E-state index is 12.9. The number of aryl methyl sites for hydroxylation is 2. The van der Waals surface area contributed by atoms with Gasteiger partial charge in [-0.15, -0.1) is 11.3 Å². The maximum Gasteiger partial charge on any atom is 0.227 e. The lowest BCUT2D eigenvalue weighted by molar-refractivity contribution is -0.120. The molecular weight excluding hydrogens is 432 g/mol. The highest BCUT2D eigenvalue weighted by Gasteiger charge is 2.29. The zero-order chi connectivity index (χ0) is 22.4. The Balaban J connectivity index is 1.26. The number of nitrogens with one attached hydrogen (secondary N) is 3. The van der Waals surface area contributed by atoms with Gasteiger partial charge in [0.25, 0.3) is 0 Å². The molecule has 1 atom stereocenters. The molecule has 8 heteroatoms. The summed E-state index contributed by atoms with van der Waals surface area (Å²) in [7, 11) is 0. The minimum absolute atomic E-state index is 0.0419. The molecule has 33 heavy (non-hydrogen) atoms. The van der Waals surface area contributed by atoms with Crippen LogP contribution in [0.1, 0.15) is 22.4 Å². The van der Waals surface area contributed by atoms with E-state index >= 15 is 0 Å². The van der Waals surface area contributed by atoms with Crippen molar-refractivity contribution in [2.24, 2.45) is 5.92 Å². The third kappa shape index (κ3) is 3.72. The summed E-state index contributed by atoms with van der Waals surface area (Å²) in [5.41, 5.74) is 5.24. The van der Waals surface area contributed by atoms with Gasteiger partial charge in [0.05, 0.1) is 17.1 Å². The first-order valence-corrected chi connectivity index (χ1v) is 11.8. The predicted octanol–water partition coefficient (Wildman–Crippen LogP) is 5.36. The first kappa shape index (κ1) is 19.9. The SMILES string of the molecule is Cc1ccc(NC(=O)C2CCc3c(sc4ncnc(Nc5ccc6[nH]ncc6c5)c34)C2)cc1. The lowest BCUT2D eigenvalue weighted by Crippen LogP contribution is -2.27. The minimum Gasteiger partial charge on any atom is -0.340 e. The Bertz CT molecular complexity index is 1490. The van der Waals surface area contributed by atoms with E-state index in [0.29, 0.717) is 0 Å². The Labute approximate surface area is 194 Å². The lowest BCUT2D eigenvalue weighted by atomic mass is 9.87. The third-order valence-corrected chi connectivity index (χ3v) is 7.40. The number of aromatic nitrogens is 4. The number of rotatable bonds is 4. The summed E-state index contributed by atoms with van der Waals surface area (Å²) in [4.78, 5) is 24.2. The van der Waals surface area contributed by atoms with Crippen LogP contribution in [0, 0.1) is 12.8 Å². The average Bonchev–Trinajstić information content (AvgIpc) is 3.44. The van der Waals surface area contributed by atoms with E-state index in [1.807, 2.05) is 49.5 Å². The Morgan fingerprint density at radius 3 is 2.85 bits per heavy atom. The van der Waals surface area contributed by atoms with E-state index in [-0.39, 0.29) is 11.8 Å². The van der Waals surface area contributed by atoms with Crippen LogP contribution in [0.2, 0.25) is 0 Å². The van der Waals surface area contributed by atoms with Gasteiger partial charge >= 0.3 is 0 Å². The molecule has 0 spiro atoms. The molecule has 7 nitrogen and oxygen atoms in total. The quantitative estimate of drug-likeness (QED) is 0.340. The fourth-order valence-electron chi connectivity index (χ4n) is 4.47.